The van der Waals surface area contributed by atoms with Gasteiger partial charge in [-0.05, 0) is 36.8 Å². The van der Waals surface area contributed by atoms with Crippen LogP contribution in [0.3, 0.4) is 0 Å². The number of nitrogens with two attached hydrogens (primary N) is 1. The maximum atomic E-state index is 12.2. The van der Waals surface area contributed by atoms with Crippen molar-refractivity contribution >= 4 is 40.4 Å². The van der Waals surface area contributed by atoms with Gasteiger partial charge in [0.15, 0.2) is 0 Å². The Morgan fingerprint density at radius 3 is 2.60 bits per heavy atom. The van der Waals surface area contributed by atoms with Crippen molar-refractivity contribution in [2.45, 2.75) is 6.92 Å². The molecule has 0 aliphatic carbocycles. The molecule has 0 aliphatic heterocycles. The van der Waals surface area contributed by atoms with E-state index in [2.05, 4.69) is 5.32 Å². The molecule has 2 aromatic rings. The highest BCUT2D eigenvalue weighted by molar-refractivity contribution is 7.80. The molecule has 0 saturated carbocycles. The Balaban J connectivity index is 2.33. The number of amides is 1. The number of thiocarbonyl (C=S) groups is 1. The summed E-state index contributed by atoms with van der Waals surface area (Å²) in [6.07, 6.45) is 0. The maximum absolute atomic E-state index is 12.2. The molecule has 102 valence electrons. The topological polar surface area (TPSA) is 55.1 Å². The highest BCUT2D eigenvalue weighted by Gasteiger charge is 2.12. The molecule has 2 rings (SSSR count). The minimum absolute atomic E-state index is 0.254. The summed E-state index contributed by atoms with van der Waals surface area (Å²) >= 11 is 10.9. The van der Waals surface area contributed by atoms with Gasteiger partial charge >= 0.3 is 0 Å². The number of carbonyl (C=O) groups is 1. The molecule has 2 aromatic carbocycles. The van der Waals surface area contributed by atoms with Gasteiger partial charge in [-0.25, -0.2) is 0 Å². The second kappa shape index (κ2) is 6.03. The van der Waals surface area contributed by atoms with Crippen molar-refractivity contribution in [2.24, 2.45) is 5.73 Å². The first-order valence-electron chi connectivity index (χ1n) is 5.95. The third kappa shape index (κ3) is 3.15. The summed E-state index contributed by atoms with van der Waals surface area (Å²) in [6, 6.07) is 12.2. The van der Waals surface area contributed by atoms with Gasteiger partial charge in [0.1, 0.15) is 4.99 Å². The van der Waals surface area contributed by atoms with Crippen molar-refractivity contribution in [3.05, 3.63) is 64.2 Å². The number of halogens is 1. The number of anilines is 1. The van der Waals surface area contributed by atoms with Crippen molar-refractivity contribution in [2.75, 3.05) is 5.32 Å². The molecule has 0 bridgehead atoms. The minimum atomic E-state index is -0.254. The largest absolute Gasteiger partial charge is 0.389 e. The first kappa shape index (κ1) is 14.5. The van der Waals surface area contributed by atoms with E-state index >= 15 is 0 Å². The number of nitrogens with one attached hydrogen (secondary N) is 1. The number of hydrogen-bond acceptors (Lipinski definition) is 2. The third-order valence-electron chi connectivity index (χ3n) is 2.85. The Bertz CT molecular complexity index is 685. The fourth-order valence-electron chi connectivity index (χ4n) is 1.92. The molecular weight excluding hydrogens is 292 g/mol. The first-order chi connectivity index (χ1) is 9.49. The van der Waals surface area contributed by atoms with E-state index in [1.54, 1.807) is 30.3 Å². The van der Waals surface area contributed by atoms with E-state index in [-0.39, 0.29) is 10.9 Å². The molecule has 20 heavy (non-hydrogen) atoms. The second-order valence-electron chi connectivity index (χ2n) is 4.33. The molecule has 0 saturated heterocycles. The summed E-state index contributed by atoms with van der Waals surface area (Å²) in [6.45, 7) is 1.89. The number of hydrogen-bond donors (Lipinski definition) is 2. The quantitative estimate of drug-likeness (QED) is 0.853. The first-order valence-corrected chi connectivity index (χ1v) is 6.74. The number of aryl methyl sites for hydroxylation is 1. The van der Waals surface area contributed by atoms with E-state index < -0.39 is 0 Å². The predicted octanol–water partition coefficient (Wildman–Crippen LogP) is 3.53. The standard InChI is InChI=1S/C15H13ClN2OS/c1-9-4-2-7-12(13(9)14(17)20)18-15(19)10-5-3-6-11(16)8-10/h2-8H,1H3,(H2,17,20)(H,18,19). The lowest BCUT2D eigenvalue weighted by molar-refractivity contribution is 0.102. The number of benzene rings is 2. The van der Waals surface area contributed by atoms with Crippen molar-refractivity contribution < 1.29 is 4.79 Å². The average Bonchev–Trinajstić information content (AvgIpc) is 2.38. The zero-order valence-corrected chi connectivity index (χ0v) is 12.4. The lowest BCUT2D eigenvalue weighted by Crippen LogP contribution is -2.18. The summed E-state index contributed by atoms with van der Waals surface area (Å²) in [4.78, 5) is 12.5. The van der Waals surface area contributed by atoms with Gasteiger partial charge in [0.25, 0.3) is 5.91 Å². The van der Waals surface area contributed by atoms with Gasteiger partial charge < -0.3 is 11.1 Å². The third-order valence-corrected chi connectivity index (χ3v) is 3.29. The van der Waals surface area contributed by atoms with Crippen LogP contribution in [0.4, 0.5) is 5.69 Å². The number of carbonyl (C=O) groups excluding carboxylic acids is 1. The van der Waals surface area contributed by atoms with Crippen LogP contribution in [0.5, 0.6) is 0 Å². The number of rotatable bonds is 3. The lowest BCUT2D eigenvalue weighted by atomic mass is 10.1. The highest BCUT2D eigenvalue weighted by Crippen LogP contribution is 2.21. The van der Waals surface area contributed by atoms with Gasteiger partial charge in [-0.2, -0.15) is 0 Å². The van der Waals surface area contributed by atoms with E-state index in [1.165, 1.54) is 0 Å². The van der Waals surface area contributed by atoms with E-state index in [0.717, 1.165) is 5.56 Å². The molecule has 0 aliphatic rings. The summed E-state index contributed by atoms with van der Waals surface area (Å²) in [5.74, 6) is -0.254. The van der Waals surface area contributed by atoms with Crippen LogP contribution >= 0.6 is 23.8 Å². The van der Waals surface area contributed by atoms with Gasteiger partial charge in [0.2, 0.25) is 0 Å². The summed E-state index contributed by atoms with van der Waals surface area (Å²) in [5, 5.41) is 3.32. The molecule has 0 spiro atoms. The molecule has 5 heteroatoms. The van der Waals surface area contributed by atoms with Crippen LogP contribution in [0.25, 0.3) is 0 Å². The fourth-order valence-corrected chi connectivity index (χ4v) is 2.38. The van der Waals surface area contributed by atoms with Crippen molar-refractivity contribution in [1.29, 1.82) is 0 Å². The van der Waals surface area contributed by atoms with Gasteiger partial charge in [-0.1, -0.05) is 42.0 Å². The SMILES string of the molecule is Cc1cccc(NC(=O)c2cccc(Cl)c2)c1C(N)=S. The molecule has 0 atom stereocenters. The molecule has 0 radical (unpaired) electrons. The fraction of sp³-hybridized carbons (Fsp3) is 0.0667. The van der Waals surface area contributed by atoms with Gasteiger partial charge in [-0.3, -0.25) is 4.79 Å². The lowest BCUT2D eigenvalue weighted by Gasteiger charge is -2.12. The molecule has 0 aromatic heterocycles. The van der Waals surface area contributed by atoms with Crippen molar-refractivity contribution in [1.82, 2.24) is 0 Å². The molecule has 3 N–H and O–H groups in total. The molecule has 3 nitrogen and oxygen atoms in total. The molecule has 0 unspecified atom stereocenters. The van der Waals surface area contributed by atoms with Gasteiger partial charge in [-0.15, -0.1) is 0 Å². The maximum Gasteiger partial charge on any atom is 0.255 e. The summed E-state index contributed by atoms with van der Waals surface area (Å²) in [7, 11) is 0. The van der Waals surface area contributed by atoms with Crippen LogP contribution in [-0.4, -0.2) is 10.9 Å². The van der Waals surface area contributed by atoms with Crippen molar-refractivity contribution in [3.8, 4) is 0 Å². The van der Waals surface area contributed by atoms with E-state index in [0.29, 0.717) is 21.8 Å². The van der Waals surface area contributed by atoms with Crippen LogP contribution < -0.4 is 11.1 Å². The molecular formula is C15H13ClN2OS. The Labute approximate surface area is 127 Å². The van der Waals surface area contributed by atoms with Crippen molar-refractivity contribution in [3.63, 3.8) is 0 Å². The zero-order valence-electron chi connectivity index (χ0n) is 10.8. The molecule has 0 heterocycles. The van der Waals surface area contributed by atoms with Crippen LogP contribution in [0.1, 0.15) is 21.5 Å². The van der Waals surface area contributed by atoms with Crippen LogP contribution in [-0.2, 0) is 0 Å². The van der Waals surface area contributed by atoms with Gasteiger partial charge in [0.05, 0.1) is 5.69 Å². The van der Waals surface area contributed by atoms with Crippen LogP contribution in [0.2, 0.25) is 5.02 Å². The van der Waals surface area contributed by atoms with E-state index in [4.69, 9.17) is 29.6 Å². The average molecular weight is 305 g/mol. The second-order valence-corrected chi connectivity index (χ2v) is 5.20. The monoisotopic (exact) mass is 304 g/mol. The normalized spacial score (nSPS) is 10.1. The highest BCUT2D eigenvalue weighted by atomic mass is 35.5. The Morgan fingerprint density at radius 2 is 1.95 bits per heavy atom. The predicted molar refractivity (Wildman–Crippen MR) is 86.5 cm³/mol. The summed E-state index contributed by atoms with van der Waals surface area (Å²) in [5.41, 5.74) is 8.39. The van der Waals surface area contributed by atoms with Crippen LogP contribution in [0, 0.1) is 6.92 Å². The Morgan fingerprint density at radius 1 is 1.25 bits per heavy atom. The summed E-state index contributed by atoms with van der Waals surface area (Å²) < 4.78 is 0. The minimum Gasteiger partial charge on any atom is -0.389 e. The van der Waals surface area contributed by atoms with E-state index in [1.807, 2.05) is 19.1 Å². The zero-order chi connectivity index (χ0) is 14.7. The van der Waals surface area contributed by atoms with Gasteiger partial charge in [0, 0.05) is 16.1 Å². The van der Waals surface area contributed by atoms with E-state index in [9.17, 15) is 4.79 Å². The Hall–Kier alpha value is -1.91. The smallest absolute Gasteiger partial charge is 0.255 e. The molecule has 1 amide bonds. The van der Waals surface area contributed by atoms with Crippen LogP contribution in [0.15, 0.2) is 42.5 Å². The Kier molecular flexibility index (Phi) is 4.37. The molecule has 0 fully saturated rings.